The highest BCUT2D eigenvalue weighted by Gasteiger charge is 2.20. The predicted molar refractivity (Wildman–Crippen MR) is 89.6 cm³/mol. The smallest absolute Gasteiger partial charge is 0.274 e. The van der Waals surface area contributed by atoms with Gasteiger partial charge in [-0.2, -0.15) is 0 Å². The van der Waals surface area contributed by atoms with Gasteiger partial charge in [-0.05, 0) is 30.5 Å². The number of rotatable bonds is 4. The minimum absolute atomic E-state index is 0.139. The zero-order valence-electron chi connectivity index (χ0n) is 13.0. The third-order valence-corrected chi connectivity index (χ3v) is 4.10. The third kappa shape index (κ3) is 3.25. The second-order valence-corrected chi connectivity index (χ2v) is 5.75. The Morgan fingerprint density at radius 1 is 1.08 bits per heavy atom. The number of anilines is 1. The van der Waals surface area contributed by atoms with Crippen LogP contribution in [-0.4, -0.2) is 21.7 Å². The Morgan fingerprint density at radius 3 is 2.48 bits per heavy atom. The molecule has 4 nitrogen and oxygen atoms in total. The number of aromatic nitrogens is 2. The molecule has 0 bridgehead atoms. The van der Waals surface area contributed by atoms with E-state index in [9.17, 15) is 18.0 Å². The Kier molecular flexibility index (Phi) is 4.80. The Bertz CT molecular complexity index is 928. The minimum Gasteiger partial charge on any atom is -0.318 e. The molecule has 0 atom stereocenters. The van der Waals surface area contributed by atoms with Crippen LogP contribution in [0, 0.1) is 17.5 Å². The largest absolute Gasteiger partial charge is 0.318 e. The van der Waals surface area contributed by atoms with Gasteiger partial charge in [0.1, 0.15) is 5.69 Å². The first-order chi connectivity index (χ1) is 12.0. The fraction of sp³-hybridized carbons (Fsp3) is 0.0588. The predicted octanol–water partition coefficient (Wildman–Crippen LogP) is 4.26. The van der Waals surface area contributed by atoms with Crippen molar-refractivity contribution >= 4 is 23.4 Å². The molecule has 1 heterocycles. The molecular weight excluding hydrogens is 351 g/mol. The third-order valence-electron chi connectivity index (χ3n) is 3.44. The van der Waals surface area contributed by atoms with Gasteiger partial charge >= 0.3 is 0 Å². The van der Waals surface area contributed by atoms with E-state index in [0.717, 1.165) is 12.1 Å². The van der Waals surface area contributed by atoms with Gasteiger partial charge in [0.25, 0.3) is 5.91 Å². The average molecular weight is 363 g/mol. The standard InChI is InChI=1S/C17H12F3N3OS/c1-25-17-21-9-13(23(17)10-5-3-2-4-6-10)16(24)22-12-8-7-11(18)14(19)15(12)20/h2-9H,1H3,(H,22,24). The number of nitrogens with one attached hydrogen (secondary N) is 1. The molecule has 0 saturated carbocycles. The molecular formula is C17H12F3N3OS. The quantitative estimate of drug-likeness (QED) is 0.556. The van der Waals surface area contributed by atoms with Crippen molar-refractivity contribution in [2.24, 2.45) is 0 Å². The molecule has 25 heavy (non-hydrogen) atoms. The summed E-state index contributed by atoms with van der Waals surface area (Å²) in [5.74, 6) is -5.11. The number of amides is 1. The topological polar surface area (TPSA) is 46.9 Å². The lowest BCUT2D eigenvalue weighted by molar-refractivity contribution is 0.101. The zero-order valence-corrected chi connectivity index (χ0v) is 13.8. The minimum atomic E-state index is -1.64. The van der Waals surface area contributed by atoms with Crippen molar-refractivity contribution in [2.45, 2.75) is 5.16 Å². The van der Waals surface area contributed by atoms with Crippen molar-refractivity contribution in [3.8, 4) is 5.69 Å². The molecule has 1 aromatic heterocycles. The first-order valence-corrected chi connectivity index (χ1v) is 8.37. The van der Waals surface area contributed by atoms with E-state index in [0.29, 0.717) is 10.8 Å². The van der Waals surface area contributed by atoms with Gasteiger partial charge in [-0.1, -0.05) is 30.0 Å². The molecule has 1 amide bonds. The van der Waals surface area contributed by atoms with Crippen LogP contribution in [0.3, 0.4) is 0 Å². The van der Waals surface area contributed by atoms with Gasteiger partial charge in [-0.3, -0.25) is 9.36 Å². The lowest BCUT2D eigenvalue weighted by Gasteiger charge is -2.11. The van der Waals surface area contributed by atoms with E-state index in [1.807, 2.05) is 6.07 Å². The number of carbonyl (C=O) groups is 1. The number of para-hydroxylation sites is 1. The molecule has 8 heteroatoms. The maximum Gasteiger partial charge on any atom is 0.274 e. The van der Waals surface area contributed by atoms with Gasteiger partial charge in [0, 0.05) is 5.69 Å². The van der Waals surface area contributed by atoms with Crippen LogP contribution in [0.5, 0.6) is 0 Å². The van der Waals surface area contributed by atoms with Crippen molar-refractivity contribution in [1.82, 2.24) is 9.55 Å². The average Bonchev–Trinajstić information content (AvgIpc) is 3.07. The molecule has 3 rings (SSSR count). The van der Waals surface area contributed by atoms with Crippen LogP contribution >= 0.6 is 11.8 Å². The number of hydrogen-bond donors (Lipinski definition) is 1. The van der Waals surface area contributed by atoms with Crippen molar-refractivity contribution in [2.75, 3.05) is 11.6 Å². The van der Waals surface area contributed by atoms with E-state index in [-0.39, 0.29) is 5.69 Å². The number of benzene rings is 2. The second-order valence-electron chi connectivity index (χ2n) is 4.98. The van der Waals surface area contributed by atoms with Crippen LogP contribution in [0.2, 0.25) is 0 Å². The van der Waals surface area contributed by atoms with Crippen LogP contribution in [0.25, 0.3) is 5.69 Å². The van der Waals surface area contributed by atoms with Crippen LogP contribution in [0.4, 0.5) is 18.9 Å². The van der Waals surface area contributed by atoms with Gasteiger partial charge in [-0.15, -0.1) is 0 Å². The van der Waals surface area contributed by atoms with Crippen LogP contribution in [-0.2, 0) is 0 Å². The normalized spacial score (nSPS) is 10.7. The maximum atomic E-state index is 13.8. The van der Waals surface area contributed by atoms with Gasteiger partial charge in [0.15, 0.2) is 22.6 Å². The molecule has 0 aliphatic heterocycles. The summed E-state index contributed by atoms with van der Waals surface area (Å²) in [6.07, 6.45) is 3.14. The molecule has 3 aromatic rings. The highest BCUT2D eigenvalue weighted by atomic mass is 32.2. The fourth-order valence-corrected chi connectivity index (χ4v) is 2.82. The van der Waals surface area contributed by atoms with E-state index >= 15 is 0 Å². The molecule has 0 radical (unpaired) electrons. The Balaban J connectivity index is 1.99. The van der Waals surface area contributed by atoms with Crippen molar-refractivity contribution < 1.29 is 18.0 Å². The molecule has 1 N–H and O–H groups in total. The Labute approximate surface area is 145 Å². The second kappa shape index (κ2) is 7.02. The van der Waals surface area contributed by atoms with E-state index in [4.69, 9.17) is 0 Å². The monoisotopic (exact) mass is 363 g/mol. The van der Waals surface area contributed by atoms with Crippen molar-refractivity contribution in [1.29, 1.82) is 0 Å². The summed E-state index contributed by atoms with van der Waals surface area (Å²) in [5, 5.41) is 2.81. The summed E-state index contributed by atoms with van der Waals surface area (Å²) in [6.45, 7) is 0. The van der Waals surface area contributed by atoms with Crippen molar-refractivity contribution in [3.05, 3.63) is 71.8 Å². The summed E-state index contributed by atoms with van der Waals surface area (Å²) in [5.41, 5.74) is 0.385. The highest BCUT2D eigenvalue weighted by Crippen LogP contribution is 2.24. The Hall–Kier alpha value is -2.74. The number of halogens is 3. The summed E-state index contributed by atoms with van der Waals surface area (Å²) in [4.78, 5) is 16.7. The number of nitrogens with zero attached hydrogens (tertiary/aromatic N) is 2. The van der Waals surface area contributed by atoms with Crippen molar-refractivity contribution in [3.63, 3.8) is 0 Å². The van der Waals surface area contributed by atoms with Crippen LogP contribution in [0.1, 0.15) is 10.5 Å². The number of hydrogen-bond acceptors (Lipinski definition) is 3. The summed E-state index contributed by atoms with van der Waals surface area (Å²) >= 11 is 1.33. The first-order valence-electron chi connectivity index (χ1n) is 7.15. The van der Waals surface area contributed by atoms with Gasteiger partial charge < -0.3 is 5.32 Å². The molecule has 0 unspecified atom stereocenters. The number of thioether (sulfide) groups is 1. The molecule has 0 fully saturated rings. The lowest BCUT2D eigenvalue weighted by atomic mass is 10.2. The van der Waals surface area contributed by atoms with Gasteiger partial charge in [0.05, 0.1) is 11.9 Å². The van der Waals surface area contributed by atoms with Crippen LogP contribution in [0.15, 0.2) is 53.8 Å². The van der Waals surface area contributed by atoms with Gasteiger partial charge in [-0.25, -0.2) is 18.2 Å². The molecule has 0 saturated heterocycles. The SMILES string of the molecule is CSc1ncc(C(=O)Nc2ccc(F)c(F)c2F)n1-c1ccccc1. The van der Waals surface area contributed by atoms with E-state index in [2.05, 4.69) is 10.3 Å². The maximum absolute atomic E-state index is 13.8. The molecule has 0 aliphatic carbocycles. The molecule has 128 valence electrons. The van der Waals surface area contributed by atoms with E-state index in [1.165, 1.54) is 18.0 Å². The van der Waals surface area contributed by atoms with E-state index in [1.54, 1.807) is 35.1 Å². The number of carbonyl (C=O) groups excluding carboxylic acids is 1. The van der Waals surface area contributed by atoms with Gasteiger partial charge in [0.2, 0.25) is 0 Å². The molecule has 0 spiro atoms. The lowest BCUT2D eigenvalue weighted by Crippen LogP contribution is -2.18. The Morgan fingerprint density at radius 2 is 1.80 bits per heavy atom. The summed E-state index contributed by atoms with van der Waals surface area (Å²) in [7, 11) is 0. The highest BCUT2D eigenvalue weighted by molar-refractivity contribution is 7.98. The van der Waals surface area contributed by atoms with Crippen LogP contribution < -0.4 is 5.32 Å². The van der Waals surface area contributed by atoms with E-state index < -0.39 is 29.0 Å². The number of imidazole rings is 1. The zero-order chi connectivity index (χ0) is 18.0. The first kappa shape index (κ1) is 17.1. The summed E-state index contributed by atoms with van der Waals surface area (Å²) < 4.78 is 41.7. The molecule has 2 aromatic carbocycles. The fourth-order valence-electron chi connectivity index (χ4n) is 2.27. The summed E-state index contributed by atoms with van der Waals surface area (Å²) in [6, 6.07) is 10.7. The molecule has 0 aliphatic rings.